The molecule has 0 bridgehead atoms. The van der Waals surface area contributed by atoms with E-state index in [1.165, 1.54) is 48.3 Å². The van der Waals surface area contributed by atoms with E-state index < -0.39 is 0 Å². The van der Waals surface area contributed by atoms with Gasteiger partial charge in [0, 0.05) is 0 Å². The van der Waals surface area contributed by atoms with Crippen LogP contribution in [0.4, 0.5) is 0 Å². The molecule has 0 saturated heterocycles. The maximum atomic E-state index is 2.81. The Morgan fingerprint density at radius 1 is 0.333 bits per heavy atom. The lowest BCUT2D eigenvalue weighted by atomic mass is 9.36. The van der Waals surface area contributed by atoms with Crippen molar-refractivity contribution < 1.29 is 0 Å². The van der Waals surface area contributed by atoms with Crippen molar-refractivity contribution in [1.29, 1.82) is 0 Å². The SMILES string of the molecule is CC1CCCC2C3CCC4C5CCCCC5C5C6CCCC(C)C6C6C7CC8CC=CCC8CC7C(C12)C1C3C4C5C61. The summed E-state index contributed by atoms with van der Waals surface area (Å²) in [7, 11) is 0. The summed E-state index contributed by atoms with van der Waals surface area (Å²) in [6.45, 7) is 5.60. The molecule has 0 N–H and O–H groups in total. The first-order valence-electron chi connectivity index (χ1n) is 20.4. The Hall–Kier alpha value is -0.260. The molecule has 0 aromatic carbocycles. The van der Waals surface area contributed by atoms with Crippen LogP contribution in [0.1, 0.15) is 117 Å². The van der Waals surface area contributed by atoms with Gasteiger partial charge in [-0.3, -0.25) is 0 Å². The molecule has 0 nitrogen and oxygen atoms in total. The monoisotopic (exact) mass is 566 g/mol. The van der Waals surface area contributed by atoms with Crippen molar-refractivity contribution in [2.24, 2.45) is 130 Å². The largest absolute Gasteiger partial charge is 0.0882 e. The van der Waals surface area contributed by atoms with Crippen LogP contribution in [-0.4, -0.2) is 0 Å². The van der Waals surface area contributed by atoms with Gasteiger partial charge >= 0.3 is 0 Å². The van der Waals surface area contributed by atoms with E-state index in [4.69, 9.17) is 0 Å². The quantitative estimate of drug-likeness (QED) is 0.256. The molecule has 0 aromatic rings. The minimum Gasteiger partial charge on any atom is -0.0882 e. The lowest BCUT2D eigenvalue weighted by Gasteiger charge is -2.69. The van der Waals surface area contributed by atoms with E-state index in [2.05, 4.69) is 26.0 Å². The van der Waals surface area contributed by atoms with E-state index in [0.29, 0.717) is 0 Å². The van der Waals surface area contributed by atoms with Crippen molar-refractivity contribution in [2.45, 2.75) is 117 Å². The third-order valence-corrected chi connectivity index (χ3v) is 19.3. The maximum absolute atomic E-state index is 2.81. The summed E-state index contributed by atoms with van der Waals surface area (Å²) in [6.07, 6.45) is 30.9. The molecule has 0 amide bonds. The topological polar surface area (TPSA) is 0 Å². The van der Waals surface area contributed by atoms with Gasteiger partial charge in [0.05, 0.1) is 0 Å². The summed E-state index contributed by atoms with van der Waals surface area (Å²) in [6, 6.07) is 0. The predicted octanol–water partition coefficient (Wildman–Crippen LogP) is 10.5. The van der Waals surface area contributed by atoms with Gasteiger partial charge in [-0.1, -0.05) is 64.5 Å². The molecule has 0 radical (unpaired) electrons. The first-order valence-corrected chi connectivity index (χ1v) is 20.4. The van der Waals surface area contributed by atoms with Crippen LogP contribution in [0.25, 0.3) is 0 Å². The number of rotatable bonds is 0. The summed E-state index contributed by atoms with van der Waals surface area (Å²) in [5.74, 6) is 24.9. The Bertz CT molecular complexity index is 1120. The average molecular weight is 567 g/mol. The Morgan fingerprint density at radius 2 is 0.762 bits per heavy atom. The summed E-state index contributed by atoms with van der Waals surface area (Å²) in [4.78, 5) is 0. The van der Waals surface area contributed by atoms with Crippen LogP contribution in [0, 0.1) is 130 Å². The van der Waals surface area contributed by atoms with Gasteiger partial charge in [0.1, 0.15) is 0 Å². The van der Waals surface area contributed by atoms with Gasteiger partial charge in [0.2, 0.25) is 0 Å². The highest BCUT2D eigenvalue weighted by Crippen LogP contribution is 2.81. The van der Waals surface area contributed by atoms with Crippen LogP contribution in [0.5, 0.6) is 0 Å². The van der Waals surface area contributed by atoms with E-state index in [-0.39, 0.29) is 0 Å². The van der Waals surface area contributed by atoms with E-state index in [9.17, 15) is 0 Å². The molecule has 11 rings (SSSR count). The molecule has 42 heavy (non-hydrogen) atoms. The zero-order valence-electron chi connectivity index (χ0n) is 27.2. The molecule has 0 aliphatic heterocycles. The highest BCUT2D eigenvalue weighted by Gasteiger charge is 2.76. The minimum absolute atomic E-state index is 1.03. The standard InChI is InChI=1S/C42H62/c1-21-9-7-15-27-29-18-17-28-25-13-5-6-14-26(25)35-30-16-8-10-22(2)34(30)39-32-20-24-12-4-3-11-23(24)19-31(32)38(33(21)27)41-37(29)36(28)40(35)42(39)41/h3-4,21-42H,5-20H2,1-2H3. The Balaban J connectivity index is 1.13. The van der Waals surface area contributed by atoms with E-state index in [0.717, 1.165) is 94.7 Å². The molecule has 230 valence electrons. The number of hydrogen-bond donors (Lipinski definition) is 0. The van der Waals surface area contributed by atoms with Crippen molar-refractivity contribution in [3.63, 3.8) is 0 Å². The molecule has 10 saturated carbocycles. The van der Waals surface area contributed by atoms with E-state index >= 15 is 0 Å². The van der Waals surface area contributed by atoms with E-state index in [1.807, 2.05) is 0 Å². The highest BCUT2D eigenvalue weighted by molar-refractivity contribution is 5.24. The zero-order valence-corrected chi connectivity index (χ0v) is 27.2. The second kappa shape index (κ2) is 9.18. The van der Waals surface area contributed by atoms with Crippen LogP contribution in [0.3, 0.4) is 0 Å². The molecule has 0 heteroatoms. The van der Waals surface area contributed by atoms with Gasteiger partial charge in [0.25, 0.3) is 0 Å². The van der Waals surface area contributed by atoms with Crippen molar-refractivity contribution in [1.82, 2.24) is 0 Å². The third-order valence-electron chi connectivity index (χ3n) is 19.3. The number of hydrogen-bond acceptors (Lipinski definition) is 0. The van der Waals surface area contributed by atoms with Crippen molar-refractivity contribution in [3.05, 3.63) is 12.2 Å². The third kappa shape index (κ3) is 3.10. The normalized spacial score (nSPS) is 66.6. The smallest absolute Gasteiger partial charge is 0.0312 e. The maximum Gasteiger partial charge on any atom is -0.0312 e. The first kappa shape index (κ1) is 25.9. The number of allylic oxidation sites excluding steroid dienone is 2. The summed E-state index contributed by atoms with van der Waals surface area (Å²) >= 11 is 0. The van der Waals surface area contributed by atoms with Crippen LogP contribution in [-0.2, 0) is 0 Å². The van der Waals surface area contributed by atoms with Crippen LogP contribution >= 0.6 is 0 Å². The lowest BCUT2D eigenvalue weighted by molar-refractivity contribution is -0.211. The van der Waals surface area contributed by atoms with Gasteiger partial charge < -0.3 is 0 Å². The molecule has 0 spiro atoms. The minimum atomic E-state index is 1.03. The second-order valence-electron chi connectivity index (χ2n) is 19.7. The molecule has 11 aliphatic rings. The second-order valence-corrected chi connectivity index (χ2v) is 19.7. The van der Waals surface area contributed by atoms with Crippen molar-refractivity contribution in [2.75, 3.05) is 0 Å². The van der Waals surface area contributed by atoms with Crippen LogP contribution in [0.2, 0.25) is 0 Å². The molecular weight excluding hydrogens is 504 g/mol. The first-order chi connectivity index (χ1) is 20.7. The molecule has 10 fully saturated rings. The summed E-state index contributed by atoms with van der Waals surface area (Å²) in [5.41, 5.74) is 0. The van der Waals surface area contributed by atoms with Gasteiger partial charge in [-0.25, -0.2) is 0 Å². The highest BCUT2D eigenvalue weighted by atomic mass is 14.8. The van der Waals surface area contributed by atoms with E-state index in [1.54, 1.807) is 89.9 Å². The molecule has 0 heterocycles. The van der Waals surface area contributed by atoms with Crippen LogP contribution in [0.15, 0.2) is 12.2 Å². The predicted molar refractivity (Wildman–Crippen MR) is 171 cm³/mol. The molecular formula is C42H62. The number of fused-ring (bicyclic) bond motifs is 13. The molecule has 11 aliphatic carbocycles. The molecule has 22 unspecified atom stereocenters. The van der Waals surface area contributed by atoms with Gasteiger partial charge in [-0.05, 0) is 194 Å². The Kier molecular flexibility index (Phi) is 5.65. The Labute approximate surface area is 258 Å². The van der Waals surface area contributed by atoms with Crippen molar-refractivity contribution in [3.8, 4) is 0 Å². The molecule has 0 aromatic heterocycles. The van der Waals surface area contributed by atoms with Crippen molar-refractivity contribution >= 4 is 0 Å². The Morgan fingerprint density at radius 3 is 1.43 bits per heavy atom. The fourth-order valence-corrected chi connectivity index (χ4v) is 19.2. The lowest BCUT2D eigenvalue weighted by Crippen LogP contribution is -2.64. The fourth-order valence-electron chi connectivity index (χ4n) is 19.2. The summed E-state index contributed by atoms with van der Waals surface area (Å²) < 4.78 is 0. The van der Waals surface area contributed by atoms with Gasteiger partial charge in [-0.15, -0.1) is 0 Å². The zero-order chi connectivity index (χ0) is 27.4. The summed E-state index contributed by atoms with van der Waals surface area (Å²) in [5, 5.41) is 0. The molecule has 22 atom stereocenters. The van der Waals surface area contributed by atoms with Gasteiger partial charge in [-0.2, -0.15) is 0 Å². The fraction of sp³-hybridized carbons (Fsp3) is 0.952. The van der Waals surface area contributed by atoms with Gasteiger partial charge in [0.15, 0.2) is 0 Å². The van der Waals surface area contributed by atoms with Crippen LogP contribution < -0.4 is 0 Å². The average Bonchev–Trinajstić information content (AvgIpc) is 3.37.